The molecular weight excluding hydrogens is 211 g/mol. The zero-order valence-electron chi connectivity index (χ0n) is 4.39. The molecule has 0 bridgehead atoms. The predicted molar refractivity (Wildman–Crippen MR) is 43.6 cm³/mol. The van der Waals surface area contributed by atoms with Crippen molar-refractivity contribution in [3.8, 4) is 0 Å². The van der Waals surface area contributed by atoms with Crippen LogP contribution in [0.3, 0.4) is 0 Å². The lowest BCUT2D eigenvalue weighted by Gasteiger charge is -1.89. The van der Waals surface area contributed by atoms with Gasteiger partial charge >= 0.3 is 0 Å². The maximum Gasteiger partial charge on any atom is 0.0133 e. The van der Waals surface area contributed by atoms with E-state index in [-0.39, 0.29) is 0 Å². The first-order chi connectivity index (χ1) is 3.79. The fourth-order valence-corrected chi connectivity index (χ4v) is 1.14. The molecule has 1 rings (SSSR count). The number of rotatable bonds is 0. The molecule has 1 heteroatoms. The molecule has 0 saturated heterocycles. The summed E-state index contributed by atoms with van der Waals surface area (Å²) >= 11 is 2.27. The minimum absolute atomic E-state index is 1.08. The highest BCUT2D eigenvalue weighted by Gasteiger charge is 1.82. The highest BCUT2D eigenvalue weighted by Crippen LogP contribution is 2.05. The van der Waals surface area contributed by atoms with Gasteiger partial charge < -0.3 is 0 Å². The number of benzene rings is 1. The van der Waals surface area contributed by atoms with Crippen LogP contribution in [0.5, 0.6) is 0 Å². The zero-order valence-corrected chi connectivity index (χ0v) is 6.55. The third-order valence-electron chi connectivity index (χ3n) is 0.889. The van der Waals surface area contributed by atoms with Gasteiger partial charge in [-0.2, -0.15) is 0 Å². The molecule has 0 atom stereocenters. The van der Waals surface area contributed by atoms with Crippen molar-refractivity contribution in [3.63, 3.8) is 0 Å². The Hall–Kier alpha value is -0.0500. The van der Waals surface area contributed by atoms with E-state index in [0.717, 1.165) is 5.56 Å². The highest BCUT2D eigenvalue weighted by molar-refractivity contribution is 14.1. The molecule has 0 amide bonds. The molecule has 1 aromatic rings. The largest absolute Gasteiger partial charge is 0.0609 e. The first kappa shape index (κ1) is 6.08. The standard InChI is InChI=1S/C7H6I/c1-6-3-2-4-7(8)5-6/h2-5H,1H2. The van der Waals surface area contributed by atoms with Crippen LogP contribution in [0.1, 0.15) is 5.56 Å². The molecule has 1 aromatic carbocycles. The molecule has 0 unspecified atom stereocenters. The van der Waals surface area contributed by atoms with Crippen LogP contribution in [0.4, 0.5) is 0 Å². The molecule has 0 fully saturated rings. The Balaban J connectivity index is 3.08. The lowest BCUT2D eigenvalue weighted by molar-refractivity contribution is 1.57. The van der Waals surface area contributed by atoms with Crippen molar-refractivity contribution in [1.82, 2.24) is 0 Å². The lowest BCUT2D eigenvalue weighted by Crippen LogP contribution is -1.70. The van der Waals surface area contributed by atoms with Crippen LogP contribution in [0.15, 0.2) is 24.3 Å². The van der Waals surface area contributed by atoms with E-state index in [2.05, 4.69) is 35.6 Å². The van der Waals surface area contributed by atoms with Crippen molar-refractivity contribution in [2.75, 3.05) is 0 Å². The summed E-state index contributed by atoms with van der Waals surface area (Å²) in [6.45, 7) is 3.78. The Labute approximate surface area is 63.1 Å². The van der Waals surface area contributed by atoms with Gasteiger partial charge in [-0.1, -0.05) is 12.1 Å². The van der Waals surface area contributed by atoms with Gasteiger partial charge in [0.15, 0.2) is 0 Å². The second-order valence-electron chi connectivity index (χ2n) is 1.63. The van der Waals surface area contributed by atoms with Crippen molar-refractivity contribution < 1.29 is 0 Å². The fourth-order valence-electron chi connectivity index (χ4n) is 0.537. The van der Waals surface area contributed by atoms with Crippen LogP contribution in [0.25, 0.3) is 0 Å². The molecule has 0 heterocycles. The van der Waals surface area contributed by atoms with Crippen LogP contribution in [0.2, 0.25) is 0 Å². The van der Waals surface area contributed by atoms with E-state index in [9.17, 15) is 0 Å². The van der Waals surface area contributed by atoms with Gasteiger partial charge in [0, 0.05) is 3.57 Å². The quantitative estimate of drug-likeness (QED) is 0.585. The van der Waals surface area contributed by atoms with E-state index in [1.807, 2.05) is 18.2 Å². The van der Waals surface area contributed by atoms with Gasteiger partial charge in [0.05, 0.1) is 0 Å². The molecule has 0 aromatic heterocycles. The molecule has 0 nitrogen and oxygen atoms in total. The summed E-state index contributed by atoms with van der Waals surface area (Å²) in [5.74, 6) is 0. The average Bonchev–Trinajstić information content (AvgIpc) is 1.64. The Morgan fingerprint density at radius 1 is 1.38 bits per heavy atom. The van der Waals surface area contributed by atoms with Crippen LogP contribution < -0.4 is 0 Å². The third kappa shape index (κ3) is 1.47. The summed E-state index contributed by atoms with van der Waals surface area (Å²) in [5.41, 5.74) is 1.08. The van der Waals surface area contributed by atoms with E-state index in [1.54, 1.807) is 0 Å². The lowest BCUT2D eigenvalue weighted by atomic mass is 10.2. The average molecular weight is 217 g/mol. The highest BCUT2D eigenvalue weighted by atomic mass is 127. The second-order valence-corrected chi connectivity index (χ2v) is 2.88. The van der Waals surface area contributed by atoms with Crippen molar-refractivity contribution in [1.29, 1.82) is 0 Å². The van der Waals surface area contributed by atoms with Gasteiger partial charge in [-0.05, 0) is 47.2 Å². The monoisotopic (exact) mass is 217 g/mol. The molecule has 8 heavy (non-hydrogen) atoms. The molecule has 0 N–H and O–H groups in total. The smallest absolute Gasteiger partial charge is 0.0133 e. The molecule has 0 aliphatic rings. The van der Waals surface area contributed by atoms with Gasteiger partial charge in [-0.15, -0.1) is 0 Å². The summed E-state index contributed by atoms with van der Waals surface area (Å²) < 4.78 is 1.25. The normalized spacial score (nSPS) is 9.25. The maximum atomic E-state index is 3.78. The number of halogens is 1. The van der Waals surface area contributed by atoms with Crippen LogP contribution in [-0.2, 0) is 0 Å². The molecule has 41 valence electrons. The van der Waals surface area contributed by atoms with Gasteiger partial charge in [-0.25, -0.2) is 0 Å². The topological polar surface area (TPSA) is 0 Å². The van der Waals surface area contributed by atoms with Crippen molar-refractivity contribution in [2.24, 2.45) is 0 Å². The minimum atomic E-state index is 1.08. The molecular formula is C7H6I. The van der Waals surface area contributed by atoms with Gasteiger partial charge in [0.2, 0.25) is 0 Å². The molecule has 0 aliphatic heterocycles. The Morgan fingerprint density at radius 2 is 2.12 bits per heavy atom. The number of hydrogen-bond donors (Lipinski definition) is 0. The van der Waals surface area contributed by atoms with E-state index in [1.165, 1.54) is 3.57 Å². The van der Waals surface area contributed by atoms with Crippen LogP contribution in [0, 0.1) is 10.5 Å². The molecule has 0 aliphatic carbocycles. The summed E-state index contributed by atoms with van der Waals surface area (Å²) in [6, 6.07) is 8.09. The summed E-state index contributed by atoms with van der Waals surface area (Å²) in [6.07, 6.45) is 0. The zero-order chi connectivity index (χ0) is 5.98. The third-order valence-corrected chi connectivity index (χ3v) is 1.56. The van der Waals surface area contributed by atoms with Gasteiger partial charge in [0.1, 0.15) is 0 Å². The first-order valence-corrected chi connectivity index (χ1v) is 3.44. The van der Waals surface area contributed by atoms with E-state index >= 15 is 0 Å². The van der Waals surface area contributed by atoms with E-state index < -0.39 is 0 Å². The number of hydrogen-bond acceptors (Lipinski definition) is 0. The second kappa shape index (κ2) is 2.49. The summed E-state index contributed by atoms with van der Waals surface area (Å²) in [7, 11) is 0. The van der Waals surface area contributed by atoms with E-state index in [4.69, 9.17) is 0 Å². The Kier molecular flexibility index (Phi) is 1.89. The SMILES string of the molecule is [CH2]c1cccc(I)c1. The predicted octanol–water partition coefficient (Wildman–Crippen LogP) is 2.47. The minimum Gasteiger partial charge on any atom is -0.0609 e. The first-order valence-electron chi connectivity index (χ1n) is 2.36. The van der Waals surface area contributed by atoms with Crippen molar-refractivity contribution in [3.05, 3.63) is 40.3 Å². The molecule has 0 spiro atoms. The van der Waals surface area contributed by atoms with Crippen molar-refractivity contribution >= 4 is 22.6 Å². The fraction of sp³-hybridized carbons (Fsp3) is 0. The molecule has 0 saturated carbocycles. The summed E-state index contributed by atoms with van der Waals surface area (Å²) in [4.78, 5) is 0. The Morgan fingerprint density at radius 3 is 2.50 bits per heavy atom. The van der Waals surface area contributed by atoms with Crippen LogP contribution >= 0.6 is 22.6 Å². The van der Waals surface area contributed by atoms with Gasteiger partial charge in [-0.3, -0.25) is 0 Å². The van der Waals surface area contributed by atoms with Crippen molar-refractivity contribution in [2.45, 2.75) is 0 Å². The van der Waals surface area contributed by atoms with Crippen LogP contribution in [-0.4, -0.2) is 0 Å². The summed E-state index contributed by atoms with van der Waals surface area (Å²) in [5, 5.41) is 0. The Bertz CT molecular complexity index is 164. The van der Waals surface area contributed by atoms with Gasteiger partial charge in [0.25, 0.3) is 0 Å². The molecule has 1 radical (unpaired) electrons. The maximum absolute atomic E-state index is 3.78. The van der Waals surface area contributed by atoms with E-state index in [0.29, 0.717) is 0 Å².